The van der Waals surface area contributed by atoms with Crippen LogP contribution in [0, 0.1) is 5.92 Å². The van der Waals surface area contributed by atoms with Crippen LogP contribution < -0.4 is 9.47 Å². The Kier molecular flexibility index (Phi) is 5.91. The van der Waals surface area contributed by atoms with E-state index in [1.54, 1.807) is 14.2 Å². The highest BCUT2D eigenvalue weighted by Crippen LogP contribution is 2.36. The molecular formula is C19H29NO3. The number of hydrogen-bond acceptors (Lipinski definition) is 3. The molecule has 1 aliphatic rings. The molecule has 1 saturated heterocycles. The normalized spacial score (nSPS) is 19.0. The molecule has 4 nitrogen and oxygen atoms in total. The smallest absolute Gasteiger partial charge is 0.230 e. The summed E-state index contributed by atoms with van der Waals surface area (Å²) in [5.41, 5.74) is 1.00. The largest absolute Gasteiger partial charge is 0.493 e. The molecule has 0 saturated carbocycles. The number of carbonyl (C=O) groups is 1. The fraction of sp³-hybridized carbons (Fsp3) is 0.632. The van der Waals surface area contributed by atoms with Crippen LogP contribution >= 0.6 is 0 Å². The molecule has 0 N–H and O–H groups in total. The SMILES string of the molecule is CCC1CCCN1C(=O)C(c1ccc(OC)c(OC)c1)C(C)C. The van der Waals surface area contributed by atoms with Gasteiger partial charge in [-0.3, -0.25) is 4.79 Å². The van der Waals surface area contributed by atoms with Crippen molar-refractivity contribution in [3.63, 3.8) is 0 Å². The van der Waals surface area contributed by atoms with Gasteiger partial charge in [0, 0.05) is 12.6 Å². The molecule has 2 atom stereocenters. The Bertz CT molecular complexity index is 541. The molecule has 1 amide bonds. The van der Waals surface area contributed by atoms with E-state index in [0.717, 1.165) is 31.4 Å². The van der Waals surface area contributed by atoms with E-state index in [1.165, 1.54) is 0 Å². The van der Waals surface area contributed by atoms with E-state index in [4.69, 9.17) is 9.47 Å². The second-order valence-corrected chi connectivity index (χ2v) is 6.57. The van der Waals surface area contributed by atoms with Crippen molar-refractivity contribution in [1.29, 1.82) is 0 Å². The highest BCUT2D eigenvalue weighted by molar-refractivity contribution is 5.84. The quantitative estimate of drug-likeness (QED) is 0.799. The van der Waals surface area contributed by atoms with Gasteiger partial charge in [-0.05, 0) is 42.9 Å². The molecule has 1 heterocycles. The summed E-state index contributed by atoms with van der Waals surface area (Å²) in [6.07, 6.45) is 3.27. The van der Waals surface area contributed by atoms with Crippen LogP contribution in [0.5, 0.6) is 11.5 Å². The number of rotatable bonds is 6. The van der Waals surface area contributed by atoms with Crippen molar-refractivity contribution >= 4 is 5.91 Å². The molecule has 1 aromatic carbocycles. The molecule has 4 heteroatoms. The van der Waals surface area contributed by atoms with Crippen molar-refractivity contribution in [2.45, 2.75) is 52.0 Å². The highest BCUT2D eigenvalue weighted by Gasteiger charge is 2.34. The third kappa shape index (κ3) is 3.62. The van der Waals surface area contributed by atoms with E-state index in [1.807, 2.05) is 18.2 Å². The topological polar surface area (TPSA) is 38.8 Å². The number of methoxy groups -OCH3 is 2. The molecule has 2 rings (SSSR count). The molecule has 0 aromatic heterocycles. The molecule has 23 heavy (non-hydrogen) atoms. The standard InChI is InChI=1S/C19H29NO3/c1-6-15-8-7-11-20(15)19(21)18(13(2)3)14-9-10-16(22-4)17(12-14)23-5/h9-10,12-13,15,18H,6-8,11H2,1-5H3. The summed E-state index contributed by atoms with van der Waals surface area (Å²) in [7, 11) is 3.25. The first kappa shape index (κ1) is 17.6. The van der Waals surface area contributed by atoms with Gasteiger partial charge in [-0.25, -0.2) is 0 Å². The van der Waals surface area contributed by atoms with E-state index in [-0.39, 0.29) is 17.7 Å². The van der Waals surface area contributed by atoms with Gasteiger partial charge in [0.2, 0.25) is 5.91 Å². The number of ether oxygens (including phenoxy) is 2. The van der Waals surface area contributed by atoms with Gasteiger partial charge in [-0.15, -0.1) is 0 Å². The number of likely N-dealkylation sites (tertiary alicyclic amines) is 1. The van der Waals surface area contributed by atoms with Crippen molar-refractivity contribution < 1.29 is 14.3 Å². The Morgan fingerprint density at radius 2 is 1.96 bits per heavy atom. The Morgan fingerprint density at radius 3 is 2.52 bits per heavy atom. The zero-order valence-electron chi connectivity index (χ0n) is 15.0. The predicted molar refractivity (Wildman–Crippen MR) is 92.2 cm³/mol. The van der Waals surface area contributed by atoms with Crippen molar-refractivity contribution in [2.75, 3.05) is 20.8 Å². The van der Waals surface area contributed by atoms with Crippen LogP contribution in [-0.4, -0.2) is 37.6 Å². The zero-order chi connectivity index (χ0) is 17.0. The summed E-state index contributed by atoms with van der Waals surface area (Å²) in [5, 5.41) is 0. The lowest BCUT2D eigenvalue weighted by Crippen LogP contribution is -2.40. The fourth-order valence-corrected chi connectivity index (χ4v) is 3.59. The third-order valence-electron chi connectivity index (χ3n) is 4.83. The number of hydrogen-bond donors (Lipinski definition) is 0. The summed E-state index contributed by atoms with van der Waals surface area (Å²) in [4.78, 5) is 15.2. The van der Waals surface area contributed by atoms with E-state index in [9.17, 15) is 4.79 Å². The zero-order valence-corrected chi connectivity index (χ0v) is 15.0. The predicted octanol–water partition coefficient (Wildman–Crippen LogP) is 3.84. The second kappa shape index (κ2) is 7.71. The van der Waals surface area contributed by atoms with Gasteiger partial charge in [0.25, 0.3) is 0 Å². The maximum atomic E-state index is 13.2. The number of nitrogens with zero attached hydrogens (tertiary/aromatic N) is 1. The number of amides is 1. The van der Waals surface area contributed by atoms with E-state index < -0.39 is 0 Å². The van der Waals surface area contributed by atoms with Gasteiger partial charge < -0.3 is 14.4 Å². The Balaban J connectivity index is 2.33. The van der Waals surface area contributed by atoms with Crippen LogP contribution in [0.3, 0.4) is 0 Å². The minimum absolute atomic E-state index is 0.137. The van der Waals surface area contributed by atoms with E-state index in [0.29, 0.717) is 17.5 Å². The second-order valence-electron chi connectivity index (χ2n) is 6.57. The van der Waals surface area contributed by atoms with Gasteiger partial charge in [-0.2, -0.15) is 0 Å². The summed E-state index contributed by atoms with van der Waals surface area (Å²) in [6, 6.07) is 6.21. The van der Waals surface area contributed by atoms with Crippen molar-refractivity contribution in [3.05, 3.63) is 23.8 Å². The number of carbonyl (C=O) groups excluding carboxylic acids is 1. The Hall–Kier alpha value is -1.71. The molecule has 0 radical (unpaired) electrons. The van der Waals surface area contributed by atoms with Crippen molar-refractivity contribution in [3.8, 4) is 11.5 Å². The van der Waals surface area contributed by atoms with Gasteiger partial charge in [0.15, 0.2) is 11.5 Å². The molecule has 1 aromatic rings. The third-order valence-corrected chi connectivity index (χ3v) is 4.83. The minimum Gasteiger partial charge on any atom is -0.493 e. The Labute approximate surface area is 139 Å². The summed E-state index contributed by atoms with van der Waals surface area (Å²) < 4.78 is 10.7. The molecule has 128 valence electrons. The van der Waals surface area contributed by atoms with Crippen LogP contribution in [0.25, 0.3) is 0 Å². The average molecular weight is 319 g/mol. The highest BCUT2D eigenvalue weighted by atomic mass is 16.5. The minimum atomic E-state index is -0.137. The van der Waals surface area contributed by atoms with Gasteiger partial charge in [0.05, 0.1) is 20.1 Å². The first-order valence-electron chi connectivity index (χ1n) is 8.55. The lowest BCUT2D eigenvalue weighted by molar-refractivity contribution is -0.134. The average Bonchev–Trinajstić information content (AvgIpc) is 3.03. The lowest BCUT2D eigenvalue weighted by atomic mass is 9.86. The van der Waals surface area contributed by atoms with Crippen LogP contribution in [-0.2, 0) is 4.79 Å². The fourth-order valence-electron chi connectivity index (χ4n) is 3.59. The molecule has 0 bridgehead atoms. The van der Waals surface area contributed by atoms with Crippen molar-refractivity contribution in [2.24, 2.45) is 5.92 Å². The molecular weight excluding hydrogens is 290 g/mol. The summed E-state index contributed by atoms with van der Waals surface area (Å²) >= 11 is 0. The van der Waals surface area contributed by atoms with Crippen LogP contribution in [0.1, 0.15) is 51.5 Å². The summed E-state index contributed by atoms with van der Waals surface area (Å²) in [6.45, 7) is 7.26. The monoisotopic (exact) mass is 319 g/mol. The molecule has 1 fully saturated rings. The van der Waals surface area contributed by atoms with E-state index >= 15 is 0 Å². The first-order chi connectivity index (χ1) is 11.0. The maximum Gasteiger partial charge on any atom is 0.230 e. The van der Waals surface area contributed by atoms with E-state index in [2.05, 4.69) is 25.7 Å². The molecule has 2 unspecified atom stereocenters. The van der Waals surface area contributed by atoms with Crippen molar-refractivity contribution in [1.82, 2.24) is 4.90 Å². The summed E-state index contributed by atoms with van der Waals surface area (Å²) in [5.74, 6) is 1.72. The molecule has 1 aliphatic heterocycles. The van der Waals surface area contributed by atoms with Crippen LogP contribution in [0.4, 0.5) is 0 Å². The molecule has 0 aliphatic carbocycles. The number of benzene rings is 1. The maximum absolute atomic E-state index is 13.2. The van der Waals surface area contributed by atoms with Gasteiger partial charge in [-0.1, -0.05) is 26.8 Å². The van der Waals surface area contributed by atoms with Crippen LogP contribution in [0.15, 0.2) is 18.2 Å². The van der Waals surface area contributed by atoms with Gasteiger partial charge in [0.1, 0.15) is 0 Å². The lowest BCUT2D eigenvalue weighted by Gasteiger charge is -2.30. The Morgan fingerprint density at radius 1 is 1.26 bits per heavy atom. The van der Waals surface area contributed by atoms with Gasteiger partial charge >= 0.3 is 0 Å². The molecule has 0 spiro atoms. The first-order valence-corrected chi connectivity index (χ1v) is 8.55. The van der Waals surface area contributed by atoms with Crippen LogP contribution in [0.2, 0.25) is 0 Å².